The van der Waals surface area contributed by atoms with Gasteiger partial charge in [-0.05, 0) is 30.5 Å². The van der Waals surface area contributed by atoms with Gasteiger partial charge in [0.05, 0.1) is 23.4 Å². The summed E-state index contributed by atoms with van der Waals surface area (Å²) >= 11 is 5.83. The SMILES string of the molecule is CC1CCN(C(=O)c2ccc(Cl)c(N)c2)C1CO. The van der Waals surface area contributed by atoms with Gasteiger partial charge < -0.3 is 15.7 Å². The lowest BCUT2D eigenvalue weighted by atomic mass is 10.0. The molecular formula is C13H17ClN2O2. The Balaban J connectivity index is 2.23. The van der Waals surface area contributed by atoms with Crippen LogP contribution in [0.5, 0.6) is 0 Å². The largest absolute Gasteiger partial charge is 0.398 e. The molecule has 1 amide bonds. The number of anilines is 1. The third-order valence-electron chi connectivity index (χ3n) is 3.57. The zero-order chi connectivity index (χ0) is 13.3. The van der Waals surface area contributed by atoms with Crippen LogP contribution >= 0.6 is 11.6 Å². The smallest absolute Gasteiger partial charge is 0.254 e. The van der Waals surface area contributed by atoms with Crippen molar-refractivity contribution < 1.29 is 9.90 Å². The van der Waals surface area contributed by atoms with Crippen LogP contribution in [0.4, 0.5) is 5.69 Å². The maximum atomic E-state index is 12.3. The Morgan fingerprint density at radius 2 is 2.33 bits per heavy atom. The summed E-state index contributed by atoms with van der Waals surface area (Å²) in [5.41, 5.74) is 6.62. The summed E-state index contributed by atoms with van der Waals surface area (Å²) in [6, 6.07) is 4.77. The molecule has 1 aliphatic rings. The Morgan fingerprint density at radius 3 is 2.94 bits per heavy atom. The van der Waals surface area contributed by atoms with Crippen molar-refractivity contribution in [1.82, 2.24) is 4.90 Å². The Kier molecular flexibility index (Phi) is 3.78. The Morgan fingerprint density at radius 1 is 1.61 bits per heavy atom. The lowest BCUT2D eigenvalue weighted by Crippen LogP contribution is -2.39. The van der Waals surface area contributed by atoms with Gasteiger partial charge in [-0.15, -0.1) is 0 Å². The highest BCUT2D eigenvalue weighted by Gasteiger charge is 2.34. The lowest BCUT2D eigenvalue weighted by Gasteiger charge is -2.25. The molecule has 18 heavy (non-hydrogen) atoms. The highest BCUT2D eigenvalue weighted by Crippen LogP contribution is 2.27. The van der Waals surface area contributed by atoms with E-state index in [9.17, 15) is 9.90 Å². The first-order valence-corrected chi connectivity index (χ1v) is 6.39. The van der Waals surface area contributed by atoms with Crippen LogP contribution in [-0.4, -0.2) is 35.1 Å². The summed E-state index contributed by atoms with van der Waals surface area (Å²) in [5.74, 6) is 0.227. The molecule has 1 saturated heterocycles. The fourth-order valence-corrected chi connectivity index (χ4v) is 2.50. The van der Waals surface area contributed by atoms with E-state index in [0.717, 1.165) is 6.42 Å². The van der Waals surface area contributed by atoms with Crippen LogP contribution in [-0.2, 0) is 0 Å². The average Bonchev–Trinajstić information content (AvgIpc) is 2.73. The van der Waals surface area contributed by atoms with E-state index in [1.807, 2.05) is 6.92 Å². The van der Waals surface area contributed by atoms with Gasteiger partial charge in [0.2, 0.25) is 0 Å². The monoisotopic (exact) mass is 268 g/mol. The molecule has 0 saturated carbocycles. The molecule has 2 atom stereocenters. The van der Waals surface area contributed by atoms with Gasteiger partial charge in [-0.2, -0.15) is 0 Å². The Labute approximate surface area is 111 Å². The van der Waals surface area contributed by atoms with Gasteiger partial charge in [-0.25, -0.2) is 0 Å². The molecule has 0 aromatic heterocycles. The second-order valence-electron chi connectivity index (χ2n) is 4.75. The quantitative estimate of drug-likeness (QED) is 0.804. The van der Waals surface area contributed by atoms with Crippen LogP contribution in [0.3, 0.4) is 0 Å². The Hall–Kier alpha value is -1.26. The molecule has 3 N–H and O–H groups in total. The number of aliphatic hydroxyl groups excluding tert-OH is 1. The first-order valence-electron chi connectivity index (χ1n) is 6.01. The van der Waals surface area contributed by atoms with Crippen LogP contribution in [0.2, 0.25) is 5.02 Å². The third-order valence-corrected chi connectivity index (χ3v) is 3.92. The van der Waals surface area contributed by atoms with E-state index in [-0.39, 0.29) is 18.6 Å². The van der Waals surface area contributed by atoms with Crippen molar-refractivity contribution >= 4 is 23.2 Å². The molecule has 1 fully saturated rings. The van der Waals surface area contributed by atoms with E-state index in [4.69, 9.17) is 17.3 Å². The van der Waals surface area contributed by atoms with Gasteiger partial charge in [0.25, 0.3) is 5.91 Å². The summed E-state index contributed by atoms with van der Waals surface area (Å²) in [7, 11) is 0. The molecule has 1 aliphatic heterocycles. The predicted molar refractivity (Wildman–Crippen MR) is 71.6 cm³/mol. The van der Waals surface area contributed by atoms with Gasteiger partial charge in [-0.3, -0.25) is 4.79 Å². The zero-order valence-corrected chi connectivity index (χ0v) is 11.0. The molecule has 5 heteroatoms. The average molecular weight is 269 g/mol. The fourth-order valence-electron chi connectivity index (χ4n) is 2.38. The lowest BCUT2D eigenvalue weighted by molar-refractivity contribution is 0.0648. The summed E-state index contributed by atoms with van der Waals surface area (Å²) < 4.78 is 0. The molecule has 0 bridgehead atoms. The molecule has 1 aromatic carbocycles. The van der Waals surface area contributed by atoms with E-state index >= 15 is 0 Å². The molecule has 1 aromatic rings. The summed E-state index contributed by atoms with van der Waals surface area (Å²) in [6.45, 7) is 2.72. The first-order chi connectivity index (χ1) is 8.54. The number of aliphatic hydroxyl groups is 1. The number of nitrogen functional groups attached to an aromatic ring is 1. The normalized spacial score (nSPS) is 23.4. The van der Waals surface area contributed by atoms with E-state index in [1.54, 1.807) is 23.1 Å². The van der Waals surface area contributed by atoms with Crippen LogP contribution in [0, 0.1) is 5.92 Å². The summed E-state index contributed by atoms with van der Waals surface area (Å²) in [4.78, 5) is 14.1. The van der Waals surface area contributed by atoms with Crippen molar-refractivity contribution in [3.63, 3.8) is 0 Å². The minimum Gasteiger partial charge on any atom is -0.398 e. The summed E-state index contributed by atoms with van der Waals surface area (Å²) in [5, 5.41) is 9.81. The van der Waals surface area contributed by atoms with E-state index in [1.165, 1.54) is 0 Å². The van der Waals surface area contributed by atoms with Crippen molar-refractivity contribution in [3.05, 3.63) is 28.8 Å². The van der Waals surface area contributed by atoms with Crippen molar-refractivity contribution in [2.24, 2.45) is 5.92 Å². The predicted octanol–water partition coefficient (Wildman–Crippen LogP) is 1.77. The van der Waals surface area contributed by atoms with Gasteiger partial charge in [0.15, 0.2) is 0 Å². The minimum absolute atomic E-state index is 0.00399. The molecule has 98 valence electrons. The fraction of sp³-hybridized carbons (Fsp3) is 0.462. The van der Waals surface area contributed by atoms with Crippen LogP contribution in [0.15, 0.2) is 18.2 Å². The zero-order valence-electron chi connectivity index (χ0n) is 10.3. The molecule has 2 unspecified atom stereocenters. The molecule has 0 spiro atoms. The highest BCUT2D eigenvalue weighted by atomic mass is 35.5. The second kappa shape index (κ2) is 5.16. The topological polar surface area (TPSA) is 66.6 Å². The highest BCUT2D eigenvalue weighted by molar-refractivity contribution is 6.33. The molecule has 4 nitrogen and oxygen atoms in total. The number of nitrogens with two attached hydrogens (primary N) is 1. The van der Waals surface area contributed by atoms with Crippen LogP contribution in [0.1, 0.15) is 23.7 Å². The first kappa shape index (κ1) is 13.2. The maximum Gasteiger partial charge on any atom is 0.254 e. The van der Waals surface area contributed by atoms with Gasteiger partial charge >= 0.3 is 0 Å². The Bertz CT molecular complexity index is 464. The number of hydrogen-bond donors (Lipinski definition) is 2. The molecule has 0 radical (unpaired) electrons. The second-order valence-corrected chi connectivity index (χ2v) is 5.16. The number of amides is 1. The number of carbonyl (C=O) groups is 1. The molecule has 0 aliphatic carbocycles. The van der Waals surface area contributed by atoms with Gasteiger partial charge in [0, 0.05) is 12.1 Å². The number of hydrogen-bond acceptors (Lipinski definition) is 3. The number of benzene rings is 1. The molecule has 2 rings (SSSR count). The number of rotatable bonds is 2. The van der Waals surface area contributed by atoms with Crippen molar-refractivity contribution in [2.45, 2.75) is 19.4 Å². The van der Waals surface area contributed by atoms with E-state index in [2.05, 4.69) is 0 Å². The number of nitrogens with zero attached hydrogens (tertiary/aromatic N) is 1. The van der Waals surface area contributed by atoms with Gasteiger partial charge in [-0.1, -0.05) is 18.5 Å². The van der Waals surface area contributed by atoms with Crippen LogP contribution < -0.4 is 5.73 Å². The number of halogens is 1. The third kappa shape index (κ3) is 2.31. The van der Waals surface area contributed by atoms with Crippen molar-refractivity contribution in [1.29, 1.82) is 0 Å². The van der Waals surface area contributed by atoms with E-state index < -0.39 is 0 Å². The standard InChI is InChI=1S/C13H17ClN2O2/c1-8-4-5-16(12(8)7-17)13(18)9-2-3-10(14)11(15)6-9/h2-3,6,8,12,17H,4-5,7,15H2,1H3. The minimum atomic E-state index is -0.102. The van der Waals surface area contributed by atoms with Gasteiger partial charge in [0.1, 0.15) is 0 Å². The molecule has 1 heterocycles. The van der Waals surface area contributed by atoms with Crippen LogP contribution in [0.25, 0.3) is 0 Å². The van der Waals surface area contributed by atoms with E-state index in [0.29, 0.717) is 28.7 Å². The molecular weight excluding hydrogens is 252 g/mol. The van der Waals surface area contributed by atoms with Crippen molar-refractivity contribution in [3.8, 4) is 0 Å². The number of carbonyl (C=O) groups excluding carboxylic acids is 1. The number of likely N-dealkylation sites (tertiary alicyclic amines) is 1. The van der Waals surface area contributed by atoms with Crippen molar-refractivity contribution in [2.75, 3.05) is 18.9 Å². The summed E-state index contributed by atoms with van der Waals surface area (Å²) in [6.07, 6.45) is 0.917. The maximum absolute atomic E-state index is 12.3.